The summed E-state index contributed by atoms with van der Waals surface area (Å²) in [5.74, 6) is -0.176. The molecule has 0 saturated carbocycles. The van der Waals surface area contributed by atoms with Crippen molar-refractivity contribution < 1.29 is 4.39 Å². The number of hydrogen-bond donors (Lipinski definition) is 1. The zero-order valence-electron chi connectivity index (χ0n) is 12.8. The van der Waals surface area contributed by atoms with Crippen LogP contribution in [0.2, 0.25) is 0 Å². The molecule has 1 aromatic carbocycles. The summed E-state index contributed by atoms with van der Waals surface area (Å²) < 4.78 is 13.5. The van der Waals surface area contributed by atoms with Gasteiger partial charge in [-0.05, 0) is 44.0 Å². The minimum atomic E-state index is -0.176. The Kier molecular flexibility index (Phi) is 5.13. The predicted molar refractivity (Wildman–Crippen MR) is 81.2 cm³/mol. The van der Waals surface area contributed by atoms with Crippen LogP contribution < -0.4 is 5.73 Å². The molecule has 3 nitrogen and oxygen atoms in total. The second kappa shape index (κ2) is 6.66. The van der Waals surface area contributed by atoms with Crippen molar-refractivity contribution in [1.82, 2.24) is 9.80 Å². The van der Waals surface area contributed by atoms with Gasteiger partial charge in [-0.1, -0.05) is 6.07 Å². The second-order valence-corrected chi connectivity index (χ2v) is 5.92. The maximum Gasteiger partial charge on any atom is 0.123 e. The number of nitrogens with zero attached hydrogens (tertiary/aromatic N) is 2. The molecule has 0 aromatic heterocycles. The van der Waals surface area contributed by atoms with Crippen LogP contribution in [0.3, 0.4) is 0 Å². The third-order valence-electron chi connectivity index (χ3n) is 4.34. The van der Waals surface area contributed by atoms with Crippen LogP contribution in [0, 0.1) is 12.7 Å². The summed E-state index contributed by atoms with van der Waals surface area (Å²) >= 11 is 0. The molecule has 1 aliphatic rings. The molecule has 2 N–H and O–H groups in total. The Labute approximate surface area is 121 Å². The van der Waals surface area contributed by atoms with E-state index >= 15 is 0 Å². The summed E-state index contributed by atoms with van der Waals surface area (Å²) in [4.78, 5) is 4.86. The Balaban J connectivity index is 2.11. The summed E-state index contributed by atoms with van der Waals surface area (Å²) in [5.41, 5.74) is 8.12. The summed E-state index contributed by atoms with van der Waals surface area (Å²) in [6.45, 7) is 11.1. The number of benzene rings is 1. The number of rotatable bonds is 4. The molecule has 1 saturated heterocycles. The lowest BCUT2D eigenvalue weighted by atomic mass is 9.99. The van der Waals surface area contributed by atoms with E-state index in [9.17, 15) is 4.39 Å². The number of nitrogens with two attached hydrogens (primary N) is 1. The van der Waals surface area contributed by atoms with Gasteiger partial charge in [-0.3, -0.25) is 9.80 Å². The molecular weight excluding hydrogens is 253 g/mol. The second-order valence-electron chi connectivity index (χ2n) is 5.92. The van der Waals surface area contributed by atoms with Gasteiger partial charge in [0.25, 0.3) is 0 Å². The predicted octanol–water partition coefficient (Wildman–Crippen LogP) is 2.16. The summed E-state index contributed by atoms with van der Waals surface area (Å²) in [5, 5.41) is 0. The summed E-state index contributed by atoms with van der Waals surface area (Å²) in [6.07, 6.45) is 0. The fourth-order valence-electron chi connectivity index (χ4n) is 3.01. The molecular formula is C16H26FN3. The van der Waals surface area contributed by atoms with Crippen molar-refractivity contribution in [1.29, 1.82) is 0 Å². The quantitative estimate of drug-likeness (QED) is 0.917. The van der Waals surface area contributed by atoms with Crippen LogP contribution in [0.25, 0.3) is 0 Å². The lowest BCUT2D eigenvalue weighted by molar-refractivity contribution is 0.0799. The lowest BCUT2D eigenvalue weighted by Gasteiger charge is -2.41. The van der Waals surface area contributed by atoms with Crippen LogP contribution in [0.1, 0.15) is 31.0 Å². The van der Waals surface area contributed by atoms with Gasteiger partial charge in [0.15, 0.2) is 0 Å². The van der Waals surface area contributed by atoms with Gasteiger partial charge in [0.2, 0.25) is 0 Å². The van der Waals surface area contributed by atoms with Crippen molar-refractivity contribution >= 4 is 0 Å². The highest BCUT2D eigenvalue weighted by Gasteiger charge is 2.26. The van der Waals surface area contributed by atoms with Crippen molar-refractivity contribution in [3.8, 4) is 0 Å². The highest BCUT2D eigenvalue weighted by atomic mass is 19.1. The first-order chi connectivity index (χ1) is 9.52. The van der Waals surface area contributed by atoms with Crippen molar-refractivity contribution in [2.75, 3.05) is 32.7 Å². The maximum atomic E-state index is 13.5. The van der Waals surface area contributed by atoms with Crippen LogP contribution in [0.5, 0.6) is 0 Å². The minimum absolute atomic E-state index is 0.125. The summed E-state index contributed by atoms with van der Waals surface area (Å²) in [6, 6.07) is 5.71. The van der Waals surface area contributed by atoms with Crippen LogP contribution in [-0.2, 0) is 0 Å². The Hall–Kier alpha value is -0.970. The third kappa shape index (κ3) is 3.37. The molecule has 2 rings (SSSR count). The first kappa shape index (κ1) is 15.4. The zero-order chi connectivity index (χ0) is 14.7. The Morgan fingerprint density at radius 3 is 2.30 bits per heavy atom. The molecule has 0 amide bonds. The number of piperazine rings is 1. The van der Waals surface area contributed by atoms with Crippen molar-refractivity contribution in [3.05, 3.63) is 35.1 Å². The lowest BCUT2D eigenvalue weighted by Crippen LogP contribution is -2.51. The van der Waals surface area contributed by atoms with E-state index in [2.05, 4.69) is 23.6 Å². The van der Waals surface area contributed by atoms with E-state index in [1.807, 2.05) is 13.0 Å². The molecule has 0 radical (unpaired) electrons. The first-order valence-electron chi connectivity index (χ1n) is 7.47. The van der Waals surface area contributed by atoms with Gasteiger partial charge in [-0.2, -0.15) is 0 Å². The number of hydrogen-bond acceptors (Lipinski definition) is 3. The van der Waals surface area contributed by atoms with Crippen molar-refractivity contribution in [3.63, 3.8) is 0 Å². The van der Waals surface area contributed by atoms with E-state index in [0.717, 1.165) is 37.3 Å². The fourth-order valence-corrected chi connectivity index (χ4v) is 3.01. The van der Waals surface area contributed by atoms with E-state index in [1.54, 1.807) is 6.07 Å². The molecule has 112 valence electrons. The maximum absolute atomic E-state index is 13.5. The molecule has 20 heavy (non-hydrogen) atoms. The number of aryl methyl sites for hydroxylation is 1. The molecule has 0 bridgehead atoms. The molecule has 1 aromatic rings. The Morgan fingerprint density at radius 1 is 1.15 bits per heavy atom. The monoisotopic (exact) mass is 279 g/mol. The molecule has 0 spiro atoms. The fraction of sp³-hybridized carbons (Fsp3) is 0.625. The SMILES string of the molecule is Cc1ccc(F)cc1C(CN)N1CCN(C(C)C)CC1. The van der Waals surface area contributed by atoms with Crippen molar-refractivity contribution in [2.24, 2.45) is 5.73 Å². The van der Waals surface area contributed by atoms with Crippen LogP contribution in [-0.4, -0.2) is 48.6 Å². The average Bonchev–Trinajstić information content (AvgIpc) is 2.44. The summed E-state index contributed by atoms with van der Waals surface area (Å²) in [7, 11) is 0. The van der Waals surface area contributed by atoms with Gasteiger partial charge >= 0.3 is 0 Å². The molecule has 1 aliphatic heterocycles. The minimum Gasteiger partial charge on any atom is -0.329 e. The topological polar surface area (TPSA) is 32.5 Å². The largest absolute Gasteiger partial charge is 0.329 e. The van der Waals surface area contributed by atoms with E-state index in [-0.39, 0.29) is 11.9 Å². The third-order valence-corrected chi connectivity index (χ3v) is 4.34. The molecule has 1 heterocycles. The Bertz CT molecular complexity index is 439. The van der Waals surface area contributed by atoms with Gasteiger partial charge < -0.3 is 5.73 Å². The first-order valence-corrected chi connectivity index (χ1v) is 7.47. The number of halogens is 1. The van der Waals surface area contributed by atoms with Gasteiger partial charge in [0, 0.05) is 44.8 Å². The van der Waals surface area contributed by atoms with Gasteiger partial charge in [-0.25, -0.2) is 4.39 Å². The van der Waals surface area contributed by atoms with Gasteiger partial charge in [-0.15, -0.1) is 0 Å². The van der Waals surface area contributed by atoms with E-state index in [0.29, 0.717) is 12.6 Å². The molecule has 0 aliphatic carbocycles. The van der Waals surface area contributed by atoms with E-state index in [1.165, 1.54) is 6.07 Å². The van der Waals surface area contributed by atoms with E-state index < -0.39 is 0 Å². The van der Waals surface area contributed by atoms with Crippen LogP contribution in [0.4, 0.5) is 4.39 Å². The smallest absolute Gasteiger partial charge is 0.123 e. The molecule has 1 fully saturated rings. The highest BCUT2D eigenvalue weighted by molar-refractivity contribution is 5.30. The van der Waals surface area contributed by atoms with Crippen molar-refractivity contribution in [2.45, 2.75) is 32.9 Å². The zero-order valence-corrected chi connectivity index (χ0v) is 12.8. The van der Waals surface area contributed by atoms with Crippen LogP contribution >= 0.6 is 0 Å². The molecule has 1 unspecified atom stereocenters. The molecule has 1 atom stereocenters. The average molecular weight is 279 g/mol. The van der Waals surface area contributed by atoms with Gasteiger partial charge in [0.1, 0.15) is 5.82 Å². The van der Waals surface area contributed by atoms with Gasteiger partial charge in [0.05, 0.1) is 0 Å². The standard InChI is InChI=1S/C16H26FN3/c1-12(2)19-6-8-20(9-7-19)16(11-18)15-10-14(17)5-4-13(15)3/h4-5,10,12,16H,6-9,11,18H2,1-3H3. The molecule has 4 heteroatoms. The highest BCUT2D eigenvalue weighted by Crippen LogP contribution is 2.25. The van der Waals surface area contributed by atoms with E-state index in [4.69, 9.17) is 5.73 Å². The Morgan fingerprint density at radius 2 is 1.75 bits per heavy atom. The van der Waals surface area contributed by atoms with Crippen LogP contribution in [0.15, 0.2) is 18.2 Å². The normalized spacial score (nSPS) is 19.5.